The number of halogens is 3. The molecule has 0 bridgehead atoms. The minimum atomic E-state index is -4.75. The number of hydrogen-bond donors (Lipinski definition) is 1. The zero-order chi connectivity index (χ0) is 19.1. The van der Waals surface area contributed by atoms with Gasteiger partial charge in [0.1, 0.15) is 11.3 Å². The van der Waals surface area contributed by atoms with Crippen molar-refractivity contribution in [3.05, 3.63) is 64.3 Å². The SMILES string of the molecule is O=c1c2c(C(F)(F)F)ccn2nc(CCS(=O)(=O)O)n1-c1ccccc1. The highest BCUT2D eigenvalue weighted by atomic mass is 32.2. The number of fused-ring (bicyclic) bond motifs is 1. The Morgan fingerprint density at radius 3 is 2.35 bits per heavy atom. The fourth-order valence-corrected chi connectivity index (χ4v) is 3.01. The van der Waals surface area contributed by atoms with Crippen LogP contribution >= 0.6 is 0 Å². The van der Waals surface area contributed by atoms with E-state index in [1.165, 1.54) is 12.1 Å². The molecule has 0 fully saturated rings. The summed E-state index contributed by atoms with van der Waals surface area (Å²) in [7, 11) is -4.35. The maximum absolute atomic E-state index is 13.2. The van der Waals surface area contributed by atoms with Crippen LogP contribution in [0.4, 0.5) is 13.2 Å². The third-order valence-corrected chi connectivity index (χ3v) is 4.38. The molecule has 0 amide bonds. The summed E-state index contributed by atoms with van der Waals surface area (Å²) in [5.41, 5.74) is -2.57. The highest BCUT2D eigenvalue weighted by molar-refractivity contribution is 7.85. The molecule has 0 saturated carbocycles. The molecular formula is C15H12F3N3O4S. The fourth-order valence-electron chi connectivity index (χ4n) is 2.56. The van der Waals surface area contributed by atoms with Crippen LogP contribution in [0, 0.1) is 0 Å². The summed E-state index contributed by atoms with van der Waals surface area (Å²) in [6, 6.07) is 8.48. The van der Waals surface area contributed by atoms with Gasteiger partial charge in [0, 0.05) is 12.6 Å². The molecule has 1 N–H and O–H groups in total. The highest BCUT2D eigenvalue weighted by Gasteiger charge is 2.35. The summed E-state index contributed by atoms with van der Waals surface area (Å²) in [5, 5.41) is 3.95. The van der Waals surface area contributed by atoms with E-state index in [4.69, 9.17) is 4.55 Å². The van der Waals surface area contributed by atoms with Crippen molar-refractivity contribution in [2.75, 3.05) is 5.75 Å². The van der Waals surface area contributed by atoms with Crippen LogP contribution in [0.2, 0.25) is 0 Å². The lowest BCUT2D eigenvalue weighted by atomic mass is 10.2. The minimum absolute atomic E-state index is 0.101. The molecule has 1 aromatic carbocycles. The molecule has 2 heterocycles. The van der Waals surface area contributed by atoms with Gasteiger partial charge in [0.15, 0.2) is 0 Å². The van der Waals surface area contributed by atoms with Crippen molar-refractivity contribution in [1.82, 2.24) is 14.2 Å². The van der Waals surface area contributed by atoms with Gasteiger partial charge in [-0.2, -0.15) is 26.7 Å². The number of alkyl halides is 3. The Labute approximate surface area is 145 Å². The first-order valence-corrected chi connectivity index (χ1v) is 8.90. The molecule has 3 aromatic rings. The largest absolute Gasteiger partial charge is 0.418 e. The molecule has 11 heteroatoms. The highest BCUT2D eigenvalue weighted by Crippen LogP contribution is 2.31. The summed E-state index contributed by atoms with van der Waals surface area (Å²) < 4.78 is 72.2. The number of nitrogens with zero attached hydrogens (tertiary/aromatic N) is 3. The molecule has 0 unspecified atom stereocenters. The van der Waals surface area contributed by atoms with E-state index in [0.717, 1.165) is 21.3 Å². The molecule has 3 rings (SSSR count). The zero-order valence-corrected chi connectivity index (χ0v) is 13.8. The molecule has 0 saturated heterocycles. The lowest BCUT2D eigenvalue weighted by Gasteiger charge is -2.13. The Morgan fingerprint density at radius 1 is 1.12 bits per heavy atom. The first-order chi connectivity index (χ1) is 12.1. The second-order valence-corrected chi connectivity index (χ2v) is 7.02. The zero-order valence-electron chi connectivity index (χ0n) is 13.0. The predicted octanol–water partition coefficient (Wildman–Crippen LogP) is 1.93. The van der Waals surface area contributed by atoms with Crippen molar-refractivity contribution < 1.29 is 26.1 Å². The molecule has 0 atom stereocenters. The number of aromatic nitrogens is 3. The van der Waals surface area contributed by atoms with Crippen LogP contribution < -0.4 is 5.56 Å². The van der Waals surface area contributed by atoms with Crippen LogP contribution in [0.5, 0.6) is 0 Å². The van der Waals surface area contributed by atoms with Crippen molar-refractivity contribution in [3.63, 3.8) is 0 Å². The normalized spacial score (nSPS) is 12.6. The Hall–Kier alpha value is -2.66. The second-order valence-electron chi connectivity index (χ2n) is 5.45. The van der Waals surface area contributed by atoms with Gasteiger partial charge in [0.25, 0.3) is 15.7 Å². The van der Waals surface area contributed by atoms with Gasteiger partial charge in [0.05, 0.1) is 17.0 Å². The van der Waals surface area contributed by atoms with Gasteiger partial charge in [0.2, 0.25) is 0 Å². The Balaban J connectivity index is 2.31. The molecule has 2 aromatic heterocycles. The molecule has 0 aliphatic rings. The van der Waals surface area contributed by atoms with Crippen LogP contribution in [0.1, 0.15) is 11.4 Å². The summed E-state index contributed by atoms with van der Waals surface area (Å²) in [6.45, 7) is 0. The maximum atomic E-state index is 13.2. The average molecular weight is 387 g/mol. The standard InChI is InChI=1S/C15H12F3N3O4S/c16-15(17,18)11-6-8-20-13(11)14(22)21(10-4-2-1-3-5-10)12(19-20)7-9-26(23,24)25/h1-6,8H,7,9H2,(H,23,24,25). The van der Waals surface area contributed by atoms with E-state index in [1.54, 1.807) is 18.2 Å². The molecule has 7 nitrogen and oxygen atoms in total. The number of para-hydroxylation sites is 1. The van der Waals surface area contributed by atoms with Crippen molar-refractivity contribution in [2.24, 2.45) is 0 Å². The number of benzene rings is 1. The van der Waals surface area contributed by atoms with Crippen LogP contribution in [0.25, 0.3) is 11.2 Å². The van der Waals surface area contributed by atoms with Crippen LogP contribution in [-0.4, -0.2) is 32.9 Å². The van der Waals surface area contributed by atoms with E-state index >= 15 is 0 Å². The lowest BCUT2D eigenvalue weighted by Crippen LogP contribution is -2.28. The predicted molar refractivity (Wildman–Crippen MR) is 85.9 cm³/mol. The lowest BCUT2D eigenvalue weighted by molar-refractivity contribution is -0.136. The van der Waals surface area contributed by atoms with Crippen LogP contribution in [-0.2, 0) is 22.7 Å². The van der Waals surface area contributed by atoms with Gasteiger partial charge < -0.3 is 0 Å². The molecule has 0 aliphatic heterocycles. The average Bonchev–Trinajstić information content (AvgIpc) is 2.97. The third-order valence-electron chi connectivity index (χ3n) is 3.66. The minimum Gasteiger partial charge on any atom is -0.286 e. The molecule has 26 heavy (non-hydrogen) atoms. The van der Waals surface area contributed by atoms with E-state index < -0.39 is 38.7 Å². The smallest absolute Gasteiger partial charge is 0.286 e. The molecule has 138 valence electrons. The van der Waals surface area contributed by atoms with Crippen molar-refractivity contribution in [1.29, 1.82) is 0 Å². The van der Waals surface area contributed by atoms with E-state index in [2.05, 4.69) is 5.10 Å². The second kappa shape index (κ2) is 6.25. The van der Waals surface area contributed by atoms with Gasteiger partial charge in [-0.1, -0.05) is 18.2 Å². The molecule has 0 aliphatic carbocycles. The summed E-state index contributed by atoms with van der Waals surface area (Å²) in [6.07, 6.45) is -4.13. The summed E-state index contributed by atoms with van der Waals surface area (Å²) in [5.74, 6) is -0.832. The Kier molecular flexibility index (Phi) is 4.36. The summed E-state index contributed by atoms with van der Waals surface area (Å²) >= 11 is 0. The van der Waals surface area contributed by atoms with E-state index in [1.807, 2.05) is 0 Å². The quantitative estimate of drug-likeness (QED) is 0.691. The topological polar surface area (TPSA) is 93.7 Å². The van der Waals surface area contributed by atoms with Gasteiger partial charge in [-0.15, -0.1) is 0 Å². The monoisotopic (exact) mass is 387 g/mol. The van der Waals surface area contributed by atoms with E-state index in [0.29, 0.717) is 0 Å². The first-order valence-electron chi connectivity index (χ1n) is 7.29. The molecule has 0 radical (unpaired) electrons. The maximum Gasteiger partial charge on any atom is 0.418 e. The Morgan fingerprint density at radius 2 is 1.77 bits per heavy atom. The van der Waals surface area contributed by atoms with E-state index in [-0.39, 0.29) is 17.9 Å². The van der Waals surface area contributed by atoms with Crippen LogP contribution in [0.3, 0.4) is 0 Å². The van der Waals surface area contributed by atoms with Crippen molar-refractivity contribution in [2.45, 2.75) is 12.6 Å². The van der Waals surface area contributed by atoms with Gasteiger partial charge in [-0.3, -0.25) is 13.9 Å². The third kappa shape index (κ3) is 3.48. The fraction of sp³-hybridized carbons (Fsp3) is 0.200. The van der Waals surface area contributed by atoms with Crippen molar-refractivity contribution in [3.8, 4) is 5.69 Å². The van der Waals surface area contributed by atoms with Crippen LogP contribution in [0.15, 0.2) is 47.4 Å². The number of rotatable bonds is 4. The number of aryl methyl sites for hydroxylation is 1. The van der Waals surface area contributed by atoms with Crippen molar-refractivity contribution >= 4 is 15.6 Å². The summed E-state index contributed by atoms with van der Waals surface area (Å²) in [4.78, 5) is 12.8. The van der Waals surface area contributed by atoms with Gasteiger partial charge in [-0.25, -0.2) is 4.52 Å². The van der Waals surface area contributed by atoms with E-state index in [9.17, 15) is 26.4 Å². The Bertz CT molecular complexity index is 1120. The number of hydrogen-bond acceptors (Lipinski definition) is 4. The first kappa shape index (κ1) is 18.1. The van der Waals surface area contributed by atoms with Gasteiger partial charge in [-0.05, 0) is 18.2 Å². The molecular weight excluding hydrogens is 375 g/mol. The molecule has 0 spiro atoms. The van der Waals surface area contributed by atoms with Gasteiger partial charge >= 0.3 is 6.18 Å².